The number of hydrogen-bond donors (Lipinski definition) is 0. The zero-order valence-corrected chi connectivity index (χ0v) is 68.6. The fourth-order valence-corrected chi connectivity index (χ4v) is 21.7. The molecule has 2 aliphatic rings. The number of hydrogen-bond acceptors (Lipinski definition) is 4. The lowest BCUT2D eigenvalue weighted by atomic mass is 9.81. The van der Waals surface area contributed by atoms with E-state index >= 15 is 0 Å². The SMILES string of the molecule is CC1(C)c2ccc(-c3ccc4oc5ccc(-c6c7ccccc7c(-c7cccc(-c8cccc9c8oc8ccccc89)c7)c7ccccc67)cc5c4c3)cc2-c2cc3ccccc3cc21.CC1(C)c2ccc(-c3ccc4oc5ccc(-c6c7ccccc7c(-c7cccc8c7oc7ccccc78)c7ccccc67)cc5c4c3)cc2-c2cc3ccccc3cc21. The van der Waals surface area contributed by atoms with Gasteiger partial charge in [-0.1, -0.05) is 313 Å². The van der Waals surface area contributed by atoms with Crippen LogP contribution in [-0.4, -0.2) is 0 Å². The fourth-order valence-electron chi connectivity index (χ4n) is 21.7. The highest BCUT2D eigenvalue weighted by atomic mass is 16.3. The van der Waals surface area contributed by atoms with Crippen molar-refractivity contribution in [2.75, 3.05) is 0 Å². The van der Waals surface area contributed by atoms with Gasteiger partial charge in [-0.3, -0.25) is 0 Å². The third-order valence-electron chi connectivity index (χ3n) is 27.7. The molecule has 0 radical (unpaired) electrons. The van der Waals surface area contributed by atoms with Crippen molar-refractivity contribution < 1.29 is 17.7 Å². The van der Waals surface area contributed by atoms with Crippen LogP contribution in [0.25, 0.3) is 253 Å². The molecule has 4 heterocycles. The first-order chi connectivity index (χ1) is 60.9. The quantitative estimate of drug-likeness (QED) is 0.149. The molecular weight excluding hydrogens is 1510 g/mol. The fraction of sp³-hybridized carbons (Fsp3) is 0.0500. The Kier molecular flexibility index (Phi) is 15.0. The van der Waals surface area contributed by atoms with Gasteiger partial charge in [-0.15, -0.1) is 0 Å². The molecule has 0 spiro atoms. The number of fused-ring (bicyclic) bond motifs is 24. The van der Waals surface area contributed by atoms with E-state index in [4.69, 9.17) is 17.7 Å². The molecule has 21 aromatic carbocycles. The molecule has 0 bridgehead atoms. The zero-order chi connectivity index (χ0) is 82.0. The summed E-state index contributed by atoms with van der Waals surface area (Å²) in [5, 5.41) is 23.8. The van der Waals surface area contributed by atoms with Crippen molar-refractivity contribution in [1.82, 2.24) is 0 Å². The Bertz CT molecular complexity index is 8840. The lowest BCUT2D eigenvalue weighted by Crippen LogP contribution is -2.14. The molecule has 4 nitrogen and oxygen atoms in total. The van der Waals surface area contributed by atoms with Crippen LogP contribution in [0.1, 0.15) is 49.9 Å². The Balaban J connectivity index is 0.000000133. The van der Waals surface area contributed by atoms with Gasteiger partial charge in [0.15, 0.2) is 0 Å². The van der Waals surface area contributed by atoms with Gasteiger partial charge in [-0.05, 0) is 273 Å². The first kappa shape index (κ1) is 70.2. The summed E-state index contributed by atoms with van der Waals surface area (Å²) in [5.74, 6) is 0. The molecule has 0 amide bonds. The van der Waals surface area contributed by atoms with E-state index in [9.17, 15) is 0 Å². The molecule has 2 aliphatic carbocycles. The van der Waals surface area contributed by atoms with Gasteiger partial charge in [0.1, 0.15) is 44.7 Å². The summed E-state index contributed by atoms with van der Waals surface area (Å²) < 4.78 is 26.2. The van der Waals surface area contributed by atoms with Gasteiger partial charge in [-0.25, -0.2) is 0 Å². The molecule has 0 unspecified atom stereocenters. The van der Waals surface area contributed by atoms with Crippen LogP contribution in [-0.2, 0) is 10.8 Å². The minimum atomic E-state index is -0.0731. The minimum absolute atomic E-state index is 0.0678. The molecule has 0 N–H and O–H groups in total. The van der Waals surface area contributed by atoms with Crippen LogP contribution in [0, 0.1) is 0 Å². The van der Waals surface area contributed by atoms with Crippen molar-refractivity contribution in [3.63, 3.8) is 0 Å². The van der Waals surface area contributed by atoms with E-state index < -0.39 is 0 Å². The topological polar surface area (TPSA) is 52.6 Å². The summed E-state index contributed by atoms with van der Waals surface area (Å²) in [7, 11) is 0. The molecule has 0 fully saturated rings. The molecule has 580 valence electrons. The molecule has 0 aliphatic heterocycles. The largest absolute Gasteiger partial charge is 0.456 e. The Morgan fingerprint density at radius 3 is 0.855 bits per heavy atom. The molecule has 25 aromatic rings. The number of para-hydroxylation sites is 4. The van der Waals surface area contributed by atoms with E-state index in [-0.39, 0.29) is 10.8 Å². The van der Waals surface area contributed by atoms with E-state index in [0.29, 0.717) is 0 Å². The van der Waals surface area contributed by atoms with Crippen LogP contribution < -0.4 is 0 Å². The summed E-state index contributed by atoms with van der Waals surface area (Å²) in [6, 6.07) is 142. The monoisotopic (exact) mass is 1580 g/mol. The maximum Gasteiger partial charge on any atom is 0.143 e. The van der Waals surface area contributed by atoms with Gasteiger partial charge in [-0.2, -0.15) is 0 Å². The second kappa shape index (κ2) is 26.4. The van der Waals surface area contributed by atoms with Gasteiger partial charge in [0, 0.05) is 70.6 Å². The van der Waals surface area contributed by atoms with E-state index in [2.05, 4.69) is 404 Å². The predicted octanol–water partition coefficient (Wildman–Crippen LogP) is 34.2. The summed E-state index contributed by atoms with van der Waals surface area (Å²) in [5.41, 5.74) is 34.4. The van der Waals surface area contributed by atoms with Crippen molar-refractivity contribution in [2.24, 2.45) is 0 Å². The highest BCUT2D eigenvalue weighted by molar-refractivity contribution is 6.26. The molecule has 0 saturated heterocycles. The maximum absolute atomic E-state index is 6.62. The average Bonchev–Trinajstić information content (AvgIpc) is 1.27. The molecule has 27 rings (SSSR count). The van der Waals surface area contributed by atoms with Crippen LogP contribution in [0.2, 0.25) is 0 Å². The highest BCUT2D eigenvalue weighted by Crippen LogP contribution is 2.56. The van der Waals surface area contributed by atoms with Gasteiger partial charge >= 0.3 is 0 Å². The third kappa shape index (κ3) is 10.4. The maximum atomic E-state index is 6.62. The molecule has 4 heteroatoms. The predicted molar refractivity (Wildman–Crippen MR) is 520 cm³/mol. The van der Waals surface area contributed by atoms with Crippen LogP contribution in [0.3, 0.4) is 0 Å². The first-order valence-corrected chi connectivity index (χ1v) is 43.0. The third-order valence-corrected chi connectivity index (χ3v) is 27.7. The number of rotatable bonds is 7. The van der Waals surface area contributed by atoms with Crippen molar-refractivity contribution in [3.8, 4) is 100 Å². The average molecular weight is 1580 g/mol. The summed E-state index contributed by atoms with van der Waals surface area (Å²) in [4.78, 5) is 0. The number of furan rings is 4. The zero-order valence-electron chi connectivity index (χ0n) is 68.6. The van der Waals surface area contributed by atoms with Crippen molar-refractivity contribution >= 4 is 152 Å². The lowest BCUT2D eigenvalue weighted by Gasteiger charge is -2.22. The first-order valence-electron chi connectivity index (χ1n) is 43.0. The Morgan fingerprint density at radius 2 is 0.435 bits per heavy atom. The van der Waals surface area contributed by atoms with E-state index in [1.807, 2.05) is 12.1 Å². The van der Waals surface area contributed by atoms with Gasteiger partial charge in [0.2, 0.25) is 0 Å². The standard InChI is InChI=1S/C63H40O2.C57H36O2/c1-63(2)55-28-25-39(33-51(55)52-32-37-13-3-4-14-38(37)36-56(52)63)40-26-29-58-53(34-40)54-35-43(27-30-59(54)64-58)61-48-20-7-5-18-46(48)60(47-19-6-8-21-49(47)61)42-16-11-15-41(31-42)44-22-12-23-50-45-17-9-10-24-57(45)65-62(44)50;1-57(2)49-25-22-35(29-45(49)46-28-33-12-3-4-13-34(33)32-50(46)57)36-23-26-52-47(30-36)48-31-37(24-27-53(48)58-52)54-39-15-5-7-17-41(39)55(42-18-8-6-16-40(42)54)44-20-11-19-43-38-14-9-10-21-51(38)59-56(43)44/h3-36H,1-2H3;3-32H,1-2H3. The van der Waals surface area contributed by atoms with Gasteiger partial charge < -0.3 is 17.7 Å². The Hall–Kier alpha value is -15.6. The van der Waals surface area contributed by atoms with E-state index in [1.54, 1.807) is 0 Å². The highest BCUT2D eigenvalue weighted by Gasteiger charge is 2.38. The Labute approximate surface area is 714 Å². The molecule has 124 heavy (non-hydrogen) atoms. The van der Waals surface area contributed by atoms with E-state index in [0.717, 1.165) is 110 Å². The summed E-state index contributed by atoms with van der Waals surface area (Å²) in [6.07, 6.45) is 0. The minimum Gasteiger partial charge on any atom is -0.456 e. The Morgan fingerprint density at radius 1 is 0.153 bits per heavy atom. The van der Waals surface area contributed by atoms with E-state index in [1.165, 1.54) is 165 Å². The van der Waals surface area contributed by atoms with Crippen LogP contribution in [0.5, 0.6) is 0 Å². The van der Waals surface area contributed by atoms with Crippen molar-refractivity contribution in [2.45, 2.75) is 38.5 Å². The van der Waals surface area contributed by atoms with Crippen LogP contribution >= 0.6 is 0 Å². The second-order valence-corrected chi connectivity index (χ2v) is 35.1. The normalized spacial score (nSPS) is 13.3. The number of benzene rings is 21. The second-order valence-electron chi connectivity index (χ2n) is 35.1. The lowest BCUT2D eigenvalue weighted by molar-refractivity contribution is 0.661. The summed E-state index contributed by atoms with van der Waals surface area (Å²) >= 11 is 0. The van der Waals surface area contributed by atoms with Gasteiger partial charge in [0.05, 0.1) is 0 Å². The summed E-state index contributed by atoms with van der Waals surface area (Å²) in [6.45, 7) is 9.43. The molecule has 0 atom stereocenters. The molecular formula is C120H76O4. The van der Waals surface area contributed by atoms with Crippen molar-refractivity contribution in [1.29, 1.82) is 0 Å². The van der Waals surface area contributed by atoms with Crippen molar-refractivity contribution in [3.05, 3.63) is 411 Å². The van der Waals surface area contributed by atoms with Gasteiger partial charge in [0.25, 0.3) is 0 Å². The van der Waals surface area contributed by atoms with Crippen LogP contribution in [0.4, 0.5) is 0 Å². The molecule has 4 aromatic heterocycles. The molecule has 0 saturated carbocycles. The van der Waals surface area contributed by atoms with Crippen LogP contribution in [0.15, 0.2) is 406 Å². The smallest absolute Gasteiger partial charge is 0.143 e.